The maximum atomic E-state index is 7.22. The van der Waals surface area contributed by atoms with Crippen molar-refractivity contribution in [1.29, 1.82) is 0 Å². The molecule has 0 fully saturated rings. The van der Waals surface area contributed by atoms with Crippen LogP contribution in [0, 0.1) is 0 Å². The first-order valence-electron chi connectivity index (χ1n) is 23.8. The number of rotatable bonds is 3. The summed E-state index contributed by atoms with van der Waals surface area (Å²) in [6.07, 6.45) is 0. The summed E-state index contributed by atoms with van der Waals surface area (Å²) in [5.41, 5.74) is 24.7. The number of nitrogens with zero attached hydrogens (tertiary/aromatic N) is 1. The number of hydrogen-bond acceptors (Lipinski definition) is 2. The Morgan fingerprint density at radius 1 is 0.294 bits per heavy atom. The summed E-state index contributed by atoms with van der Waals surface area (Å²) < 4.78 is 7.22. The van der Waals surface area contributed by atoms with E-state index in [2.05, 4.69) is 241 Å². The second-order valence-corrected chi connectivity index (χ2v) is 18.9. The van der Waals surface area contributed by atoms with Crippen LogP contribution in [0.25, 0.3) is 77.2 Å². The molecule has 0 unspecified atom stereocenters. The highest BCUT2D eigenvalue weighted by Gasteiger charge is 2.54. The Balaban J connectivity index is 1.08. The molecule has 1 aromatic heterocycles. The van der Waals surface area contributed by atoms with Gasteiger partial charge in [-0.05, 0) is 113 Å². The molecule has 0 atom stereocenters. The normalized spacial score (nSPS) is 14.4. The Morgan fingerprint density at radius 2 is 0.662 bits per heavy atom. The van der Waals surface area contributed by atoms with Crippen LogP contribution in [-0.2, 0) is 10.8 Å². The summed E-state index contributed by atoms with van der Waals surface area (Å²) in [6, 6.07) is 88.6. The third kappa shape index (κ3) is 4.22. The van der Waals surface area contributed by atoms with Gasteiger partial charge >= 0.3 is 0 Å². The summed E-state index contributed by atoms with van der Waals surface area (Å²) in [5, 5.41) is 4.59. The maximum Gasteiger partial charge on any atom is 0.160 e. The fraction of sp³-hybridized carbons (Fsp3) is 0.0303. The molecule has 4 aliphatic carbocycles. The molecule has 0 saturated carbocycles. The molecule has 314 valence electrons. The maximum absolute atomic E-state index is 7.22. The standard InChI is InChI=1S/C66H39NO/c1-2-20-41-40(19-1)39-59(64-61(41)48-27-9-16-38-60(48)68-64)67(57-36-17-34-55-62(57)46-25-7-14-32-53(46)65(55)49-28-10-3-21-42(49)43-22-4-11-29-50(43)65)58-37-18-35-56-63(58)47-26-8-15-33-54(47)66(56)51-30-12-5-23-44(51)45-24-6-13-31-52(45)66/h1-39H. The van der Waals surface area contributed by atoms with E-state index in [0.717, 1.165) is 44.4 Å². The topological polar surface area (TPSA) is 16.4 Å². The SMILES string of the molecule is c1ccc2c(c1)-c1ccccc1C21c2ccccc2-c2c(N(c3cccc4c3-c3ccccc3C43c4ccccc4-c4ccccc43)c3cc4ccccc4c4c3oc3ccccc34)cccc21. The lowest BCUT2D eigenvalue weighted by Gasteiger charge is -2.33. The number of hydrogen-bond donors (Lipinski definition) is 0. The summed E-state index contributed by atoms with van der Waals surface area (Å²) in [4.78, 5) is 2.58. The first kappa shape index (κ1) is 36.5. The molecule has 2 spiro atoms. The number of para-hydroxylation sites is 1. The highest BCUT2D eigenvalue weighted by atomic mass is 16.3. The highest BCUT2D eigenvalue weighted by molar-refractivity contribution is 6.23. The Morgan fingerprint density at radius 3 is 1.15 bits per heavy atom. The minimum atomic E-state index is -0.509. The second-order valence-electron chi connectivity index (χ2n) is 18.9. The van der Waals surface area contributed by atoms with Gasteiger partial charge < -0.3 is 9.32 Å². The van der Waals surface area contributed by atoms with Crippen molar-refractivity contribution in [2.45, 2.75) is 10.8 Å². The van der Waals surface area contributed by atoms with Crippen molar-refractivity contribution < 1.29 is 4.42 Å². The van der Waals surface area contributed by atoms with Crippen molar-refractivity contribution >= 4 is 49.8 Å². The molecule has 12 aromatic rings. The van der Waals surface area contributed by atoms with Gasteiger partial charge in [0.05, 0.1) is 27.9 Å². The molecule has 0 saturated heterocycles. The van der Waals surface area contributed by atoms with Crippen LogP contribution in [0.15, 0.2) is 241 Å². The molecule has 4 aliphatic rings. The van der Waals surface area contributed by atoms with E-state index >= 15 is 0 Å². The summed E-state index contributed by atoms with van der Waals surface area (Å²) >= 11 is 0. The molecular formula is C66H39NO. The van der Waals surface area contributed by atoms with Crippen molar-refractivity contribution in [3.05, 3.63) is 281 Å². The predicted octanol–water partition coefficient (Wildman–Crippen LogP) is 16.9. The van der Waals surface area contributed by atoms with Gasteiger partial charge in [-0.15, -0.1) is 0 Å². The van der Waals surface area contributed by atoms with E-state index in [0.29, 0.717) is 0 Å². The largest absolute Gasteiger partial charge is 0.454 e. The number of furan rings is 1. The predicted molar refractivity (Wildman–Crippen MR) is 279 cm³/mol. The summed E-state index contributed by atoms with van der Waals surface area (Å²) in [6.45, 7) is 0. The van der Waals surface area contributed by atoms with E-state index in [1.165, 1.54) is 94.4 Å². The molecule has 0 N–H and O–H groups in total. The van der Waals surface area contributed by atoms with Crippen LogP contribution < -0.4 is 4.90 Å². The van der Waals surface area contributed by atoms with Crippen LogP contribution in [0.5, 0.6) is 0 Å². The molecule has 0 aliphatic heterocycles. The fourth-order valence-electron chi connectivity index (χ4n) is 13.7. The molecule has 16 rings (SSSR count). The molecule has 68 heavy (non-hydrogen) atoms. The van der Waals surface area contributed by atoms with Gasteiger partial charge in [0.25, 0.3) is 0 Å². The molecule has 1 heterocycles. The smallest absolute Gasteiger partial charge is 0.160 e. The van der Waals surface area contributed by atoms with Crippen molar-refractivity contribution in [3.8, 4) is 44.5 Å². The zero-order valence-electron chi connectivity index (χ0n) is 36.9. The minimum absolute atomic E-state index is 0.509. The molecule has 0 bridgehead atoms. The highest BCUT2D eigenvalue weighted by Crippen LogP contribution is 2.68. The van der Waals surface area contributed by atoms with Gasteiger partial charge in [-0.3, -0.25) is 0 Å². The van der Waals surface area contributed by atoms with E-state index in [9.17, 15) is 0 Å². The molecule has 0 amide bonds. The Hall–Kier alpha value is -8.72. The zero-order valence-corrected chi connectivity index (χ0v) is 36.9. The van der Waals surface area contributed by atoms with Crippen molar-refractivity contribution in [1.82, 2.24) is 0 Å². The van der Waals surface area contributed by atoms with E-state index < -0.39 is 10.8 Å². The van der Waals surface area contributed by atoms with Crippen molar-refractivity contribution in [2.75, 3.05) is 4.90 Å². The molecule has 2 heteroatoms. The Labute approximate surface area is 393 Å². The quantitative estimate of drug-likeness (QED) is 0.176. The fourth-order valence-corrected chi connectivity index (χ4v) is 13.7. The van der Waals surface area contributed by atoms with Gasteiger partial charge in [-0.2, -0.15) is 0 Å². The first-order chi connectivity index (χ1) is 33.8. The number of fused-ring (bicyclic) bond motifs is 25. The van der Waals surface area contributed by atoms with Crippen LogP contribution in [0.2, 0.25) is 0 Å². The second kappa shape index (κ2) is 13.0. The van der Waals surface area contributed by atoms with E-state index in [-0.39, 0.29) is 0 Å². The van der Waals surface area contributed by atoms with Crippen LogP contribution in [0.1, 0.15) is 44.5 Å². The Kier molecular flexibility index (Phi) is 6.98. The monoisotopic (exact) mass is 861 g/mol. The first-order valence-corrected chi connectivity index (χ1v) is 23.8. The van der Waals surface area contributed by atoms with Gasteiger partial charge in [0.15, 0.2) is 5.58 Å². The summed E-state index contributed by atoms with van der Waals surface area (Å²) in [5.74, 6) is 0. The molecular weight excluding hydrogens is 823 g/mol. The van der Waals surface area contributed by atoms with Gasteiger partial charge in [-0.1, -0.05) is 212 Å². The average molecular weight is 862 g/mol. The molecule has 2 nitrogen and oxygen atoms in total. The summed E-state index contributed by atoms with van der Waals surface area (Å²) in [7, 11) is 0. The van der Waals surface area contributed by atoms with E-state index in [1.54, 1.807) is 0 Å². The minimum Gasteiger partial charge on any atom is -0.454 e. The average Bonchev–Trinajstić information content (AvgIpc) is 4.18. The molecule has 0 radical (unpaired) electrons. The van der Waals surface area contributed by atoms with Crippen LogP contribution in [-0.4, -0.2) is 0 Å². The lowest BCUT2D eigenvalue weighted by Crippen LogP contribution is -2.26. The zero-order chi connectivity index (χ0) is 44.3. The third-order valence-electron chi connectivity index (χ3n) is 16.1. The lowest BCUT2D eigenvalue weighted by atomic mass is 9.70. The van der Waals surface area contributed by atoms with Gasteiger partial charge in [0.1, 0.15) is 5.58 Å². The number of anilines is 3. The van der Waals surface area contributed by atoms with Crippen molar-refractivity contribution in [3.63, 3.8) is 0 Å². The van der Waals surface area contributed by atoms with Crippen LogP contribution >= 0.6 is 0 Å². The third-order valence-corrected chi connectivity index (χ3v) is 16.1. The number of benzene rings is 11. The lowest BCUT2D eigenvalue weighted by molar-refractivity contribution is 0.669. The van der Waals surface area contributed by atoms with Crippen molar-refractivity contribution in [2.24, 2.45) is 0 Å². The van der Waals surface area contributed by atoms with E-state index in [4.69, 9.17) is 4.42 Å². The van der Waals surface area contributed by atoms with E-state index in [1.807, 2.05) is 0 Å². The van der Waals surface area contributed by atoms with Gasteiger partial charge in [0.2, 0.25) is 0 Å². The van der Waals surface area contributed by atoms with Gasteiger partial charge in [-0.25, -0.2) is 0 Å². The molecule has 11 aromatic carbocycles. The van der Waals surface area contributed by atoms with Gasteiger partial charge in [0, 0.05) is 21.9 Å². The van der Waals surface area contributed by atoms with Crippen LogP contribution in [0.3, 0.4) is 0 Å². The Bertz CT molecular complexity index is 3900. The van der Waals surface area contributed by atoms with Crippen LogP contribution in [0.4, 0.5) is 17.1 Å².